The number of nitrogens with two attached hydrogens (primary N) is 2. The van der Waals surface area contributed by atoms with E-state index >= 15 is 0 Å². The van der Waals surface area contributed by atoms with Crippen molar-refractivity contribution in [2.45, 2.75) is 25.4 Å². The van der Waals surface area contributed by atoms with E-state index in [1.807, 2.05) is 31.2 Å². The van der Waals surface area contributed by atoms with Crippen molar-refractivity contribution in [2.75, 3.05) is 0 Å². The number of halogens is 1. The SMILES string of the molecule is CC[C@H](N)[C@@H](N)c1ccc(Cl)cc1. The van der Waals surface area contributed by atoms with E-state index in [4.69, 9.17) is 23.1 Å². The van der Waals surface area contributed by atoms with Gasteiger partial charge >= 0.3 is 0 Å². The molecular formula is C10H15ClN2. The van der Waals surface area contributed by atoms with Crippen LogP contribution in [0, 0.1) is 0 Å². The fraction of sp³-hybridized carbons (Fsp3) is 0.400. The average Bonchev–Trinajstić information content (AvgIpc) is 2.17. The van der Waals surface area contributed by atoms with Gasteiger partial charge in [0.1, 0.15) is 0 Å². The highest BCUT2D eigenvalue weighted by atomic mass is 35.5. The molecule has 72 valence electrons. The first-order chi connectivity index (χ1) is 6.15. The van der Waals surface area contributed by atoms with Gasteiger partial charge in [-0.2, -0.15) is 0 Å². The summed E-state index contributed by atoms with van der Waals surface area (Å²) in [6.07, 6.45) is 0.879. The molecular weight excluding hydrogens is 184 g/mol. The van der Waals surface area contributed by atoms with Gasteiger partial charge in [-0.1, -0.05) is 30.7 Å². The summed E-state index contributed by atoms with van der Waals surface area (Å²) in [6, 6.07) is 7.42. The van der Waals surface area contributed by atoms with Gasteiger partial charge in [0.05, 0.1) is 0 Å². The third-order valence-electron chi connectivity index (χ3n) is 2.19. The largest absolute Gasteiger partial charge is 0.326 e. The zero-order valence-electron chi connectivity index (χ0n) is 7.70. The quantitative estimate of drug-likeness (QED) is 0.782. The Hall–Kier alpha value is -0.570. The Morgan fingerprint density at radius 1 is 1.23 bits per heavy atom. The fourth-order valence-corrected chi connectivity index (χ4v) is 1.31. The van der Waals surface area contributed by atoms with Gasteiger partial charge < -0.3 is 11.5 Å². The van der Waals surface area contributed by atoms with Gasteiger partial charge in [0.25, 0.3) is 0 Å². The number of hydrogen-bond acceptors (Lipinski definition) is 2. The number of benzene rings is 1. The zero-order valence-corrected chi connectivity index (χ0v) is 8.46. The standard InChI is InChI=1S/C10H15ClN2/c1-2-9(12)10(13)7-3-5-8(11)6-4-7/h3-6,9-10H,2,12-13H2,1H3/t9-,10-/m0/s1. The molecule has 0 spiro atoms. The van der Waals surface area contributed by atoms with Crippen LogP contribution >= 0.6 is 11.6 Å². The van der Waals surface area contributed by atoms with Crippen LogP contribution in [-0.4, -0.2) is 6.04 Å². The first-order valence-electron chi connectivity index (χ1n) is 4.41. The van der Waals surface area contributed by atoms with E-state index in [1.54, 1.807) is 0 Å². The Bertz CT molecular complexity index is 258. The lowest BCUT2D eigenvalue weighted by atomic mass is 9.99. The summed E-state index contributed by atoms with van der Waals surface area (Å²) in [5.41, 5.74) is 12.8. The maximum atomic E-state index is 5.93. The van der Waals surface area contributed by atoms with Crippen molar-refractivity contribution in [1.29, 1.82) is 0 Å². The molecule has 13 heavy (non-hydrogen) atoms. The molecule has 0 saturated heterocycles. The first kappa shape index (κ1) is 10.5. The third-order valence-corrected chi connectivity index (χ3v) is 2.44. The van der Waals surface area contributed by atoms with E-state index in [0.717, 1.165) is 17.0 Å². The van der Waals surface area contributed by atoms with Crippen LogP contribution in [0.15, 0.2) is 24.3 Å². The van der Waals surface area contributed by atoms with E-state index in [-0.39, 0.29) is 12.1 Å². The molecule has 0 fully saturated rings. The summed E-state index contributed by atoms with van der Waals surface area (Å²) in [5.74, 6) is 0. The minimum Gasteiger partial charge on any atom is -0.326 e. The van der Waals surface area contributed by atoms with Crippen LogP contribution in [0.4, 0.5) is 0 Å². The lowest BCUT2D eigenvalue weighted by Crippen LogP contribution is -2.33. The predicted octanol–water partition coefficient (Wildman–Crippen LogP) is 2.08. The van der Waals surface area contributed by atoms with Crippen molar-refractivity contribution in [2.24, 2.45) is 11.5 Å². The van der Waals surface area contributed by atoms with Crippen molar-refractivity contribution >= 4 is 11.6 Å². The molecule has 0 aromatic heterocycles. The topological polar surface area (TPSA) is 52.0 Å². The molecule has 1 aromatic carbocycles. The normalized spacial score (nSPS) is 15.4. The van der Waals surface area contributed by atoms with Crippen LogP contribution in [0.25, 0.3) is 0 Å². The lowest BCUT2D eigenvalue weighted by molar-refractivity contribution is 0.532. The average molecular weight is 199 g/mol. The third kappa shape index (κ3) is 2.69. The molecule has 2 atom stereocenters. The summed E-state index contributed by atoms with van der Waals surface area (Å²) in [6.45, 7) is 2.03. The highest BCUT2D eigenvalue weighted by Crippen LogP contribution is 2.17. The molecule has 1 rings (SSSR count). The molecule has 0 unspecified atom stereocenters. The molecule has 0 bridgehead atoms. The zero-order chi connectivity index (χ0) is 9.84. The van der Waals surface area contributed by atoms with Gasteiger partial charge in [-0.15, -0.1) is 0 Å². The Kier molecular flexibility index (Phi) is 3.72. The Labute approximate surface area is 83.9 Å². The molecule has 2 nitrogen and oxygen atoms in total. The molecule has 1 aromatic rings. The van der Waals surface area contributed by atoms with Crippen LogP contribution in [0.2, 0.25) is 5.02 Å². The second-order valence-corrected chi connectivity index (χ2v) is 3.59. The second-order valence-electron chi connectivity index (χ2n) is 3.15. The lowest BCUT2D eigenvalue weighted by Gasteiger charge is -2.18. The van der Waals surface area contributed by atoms with Crippen LogP contribution in [0.5, 0.6) is 0 Å². The van der Waals surface area contributed by atoms with Gasteiger partial charge in [-0.05, 0) is 24.1 Å². The van der Waals surface area contributed by atoms with Gasteiger partial charge in [0.15, 0.2) is 0 Å². The molecule has 0 saturated carbocycles. The minimum atomic E-state index is -0.0951. The first-order valence-corrected chi connectivity index (χ1v) is 4.79. The van der Waals surface area contributed by atoms with Crippen molar-refractivity contribution in [3.63, 3.8) is 0 Å². The van der Waals surface area contributed by atoms with E-state index in [2.05, 4.69) is 0 Å². The van der Waals surface area contributed by atoms with Crippen molar-refractivity contribution in [1.82, 2.24) is 0 Å². The summed E-state index contributed by atoms with van der Waals surface area (Å²) in [7, 11) is 0. The van der Waals surface area contributed by atoms with Gasteiger partial charge in [0, 0.05) is 17.1 Å². The van der Waals surface area contributed by atoms with Gasteiger partial charge in [0.2, 0.25) is 0 Å². The Balaban J connectivity index is 2.77. The summed E-state index contributed by atoms with van der Waals surface area (Å²) >= 11 is 5.76. The van der Waals surface area contributed by atoms with E-state index in [9.17, 15) is 0 Å². The van der Waals surface area contributed by atoms with E-state index < -0.39 is 0 Å². The van der Waals surface area contributed by atoms with Crippen molar-refractivity contribution in [3.05, 3.63) is 34.9 Å². The molecule has 0 aliphatic carbocycles. The highest BCUT2D eigenvalue weighted by Gasteiger charge is 2.12. The van der Waals surface area contributed by atoms with Crippen LogP contribution in [0.3, 0.4) is 0 Å². The smallest absolute Gasteiger partial charge is 0.0448 e. The second kappa shape index (κ2) is 4.61. The van der Waals surface area contributed by atoms with E-state index in [0.29, 0.717) is 0 Å². The van der Waals surface area contributed by atoms with Crippen LogP contribution < -0.4 is 11.5 Å². The van der Waals surface area contributed by atoms with Crippen LogP contribution in [0.1, 0.15) is 24.9 Å². The molecule has 0 aliphatic heterocycles. The van der Waals surface area contributed by atoms with Crippen molar-refractivity contribution < 1.29 is 0 Å². The van der Waals surface area contributed by atoms with Gasteiger partial charge in [-0.25, -0.2) is 0 Å². The molecule has 0 amide bonds. The van der Waals surface area contributed by atoms with Crippen molar-refractivity contribution in [3.8, 4) is 0 Å². The molecule has 4 N–H and O–H groups in total. The maximum absolute atomic E-state index is 5.93. The molecule has 0 heterocycles. The fourth-order valence-electron chi connectivity index (χ4n) is 1.19. The monoisotopic (exact) mass is 198 g/mol. The van der Waals surface area contributed by atoms with E-state index in [1.165, 1.54) is 0 Å². The Morgan fingerprint density at radius 2 is 1.77 bits per heavy atom. The maximum Gasteiger partial charge on any atom is 0.0448 e. The number of hydrogen-bond donors (Lipinski definition) is 2. The molecule has 0 radical (unpaired) electrons. The molecule has 0 aliphatic rings. The van der Waals surface area contributed by atoms with Crippen LogP contribution in [-0.2, 0) is 0 Å². The summed E-state index contributed by atoms with van der Waals surface area (Å²) in [5, 5.41) is 0.723. The summed E-state index contributed by atoms with van der Waals surface area (Å²) < 4.78 is 0. The van der Waals surface area contributed by atoms with Gasteiger partial charge in [-0.3, -0.25) is 0 Å². The summed E-state index contributed by atoms with van der Waals surface area (Å²) in [4.78, 5) is 0. The minimum absolute atomic E-state index is 0.0150. The Morgan fingerprint density at radius 3 is 2.23 bits per heavy atom. The highest BCUT2D eigenvalue weighted by molar-refractivity contribution is 6.30. The number of rotatable bonds is 3. The predicted molar refractivity (Wildman–Crippen MR) is 56.6 cm³/mol. The molecule has 3 heteroatoms.